The molecule has 0 aliphatic rings. The second-order valence-corrected chi connectivity index (χ2v) is 5.31. The summed E-state index contributed by atoms with van der Waals surface area (Å²) in [6.07, 6.45) is 0.283. The van der Waals surface area contributed by atoms with Crippen molar-refractivity contribution in [2.45, 2.75) is 13.3 Å². The summed E-state index contributed by atoms with van der Waals surface area (Å²) in [5.74, 6) is -0.135. The zero-order valence-electron chi connectivity index (χ0n) is 11.0. The van der Waals surface area contributed by atoms with Crippen LogP contribution < -0.4 is 5.32 Å². The van der Waals surface area contributed by atoms with Crippen LogP contribution in [0.4, 0.5) is 5.69 Å². The number of carbonyl (C=O) groups is 2. The van der Waals surface area contributed by atoms with Gasteiger partial charge >= 0.3 is 0 Å². The van der Waals surface area contributed by atoms with Crippen molar-refractivity contribution in [2.24, 2.45) is 0 Å². The van der Waals surface area contributed by atoms with Gasteiger partial charge in [-0.1, -0.05) is 46.3 Å². The summed E-state index contributed by atoms with van der Waals surface area (Å²) in [7, 11) is 0. The van der Waals surface area contributed by atoms with Crippen LogP contribution in [-0.2, 0) is 11.2 Å². The van der Waals surface area contributed by atoms with Crippen LogP contribution in [0.3, 0.4) is 0 Å². The molecule has 0 aromatic heterocycles. The van der Waals surface area contributed by atoms with Gasteiger partial charge in [0, 0.05) is 15.7 Å². The van der Waals surface area contributed by atoms with E-state index in [1.54, 1.807) is 24.3 Å². The van der Waals surface area contributed by atoms with Crippen molar-refractivity contribution in [1.82, 2.24) is 0 Å². The van der Waals surface area contributed by atoms with Gasteiger partial charge in [-0.05, 0) is 30.7 Å². The minimum Gasteiger partial charge on any atom is -0.326 e. The molecule has 1 N–H and O–H groups in total. The predicted molar refractivity (Wildman–Crippen MR) is 82.9 cm³/mol. The van der Waals surface area contributed by atoms with E-state index < -0.39 is 0 Å². The summed E-state index contributed by atoms with van der Waals surface area (Å²) < 4.78 is 0.910. The number of nitrogens with one attached hydrogen (secondary N) is 1. The minimum absolute atomic E-state index is 0.0214. The maximum absolute atomic E-state index is 12.0. The van der Waals surface area contributed by atoms with E-state index in [-0.39, 0.29) is 18.1 Å². The number of amides is 1. The monoisotopic (exact) mass is 331 g/mol. The van der Waals surface area contributed by atoms with Crippen LogP contribution in [0, 0.1) is 0 Å². The molecule has 2 rings (SSSR count). The second-order valence-electron chi connectivity index (χ2n) is 4.45. The number of Topliss-reactive ketones (excluding diaryl/α,β-unsaturated/α-hetero) is 1. The van der Waals surface area contributed by atoms with Gasteiger partial charge in [0.25, 0.3) is 0 Å². The van der Waals surface area contributed by atoms with Gasteiger partial charge in [-0.25, -0.2) is 0 Å². The summed E-state index contributed by atoms with van der Waals surface area (Å²) in [6.45, 7) is 1.50. The first-order chi connectivity index (χ1) is 9.56. The lowest BCUT2D eigenvalue weighted by Gasteiger charge is -2.07. The van der Waals surface area contributed by atoms with Crippen molar-refractivity contribution < 1.29 is 9.59 Å². The summed E-state index contributed by atoms with van der Waals surface area (Å²) in [5.41, 5.74) is 2.14. The highest BCUT2D eigenvalue weighted by Gasteiger charge is 2.07. The predicted octanol–water partition coefficient (Wildman–Crippen LogP) is 3.83. The van der Waals surface area contributed by atoms with Crippen molar-refractivity contribution in [1.29, 1.82) is 0 Å². The lowest BCUT2D eigenvalue weighted by Crippen LogP contribution is -2.14. The number of anilines is 1. The molecule has 0 atom stereocenters. The van der Waals surface area contributed by atoms with Crippen LogP contribution in [-0.4, -0.2) is 11.7 Å². The molecule has 2 aromatic carbocycles. The smallest absolute Gasteiger partial charge is 0.228 e. The maximum atomic E-state index is 12.0. The quantitative estimate of drug-likeness (QED) is 0.865. The Bertz CT molecular complexity index is 652. The highest BCUT2D eigenvalue weighted by atomic mass is 79.9. The van der Waals surface area contributed by atoms with Gasteiger partial charge in [-0.15, -0.1) is 0 Å². The van der Waals surface area contributed by atoms with E-state index in [9.17, 15) is 9.59 Å². The van der Waals surface area contributed by atoms with Gasteiger partial charge in [0.1, 0.15) is 0 Å². The molecule has 0 unspecified atom stereocenters. The molecule has 0 fully saturated rings. The SMILES string of the molecule is CC(=O)c1cccc(NC(=O)Cc2ccccc2Br)c1. The van der Waals surface area contributed by atoms with E-state index in [2.05, 4.69) is 21.2 Å². The summed E-state index contributed by atoms with van der Waals surface area (Å²) in [5, 5.41) is 2.80. The Morgan fingerprint density at radius 3 is 2.55 bits per heavy atom. The molecule has 0 saturated heterocycles. The second kappa shape index (κ2) is 6.48. The van der Waals surface area contributed by atoms with Crippen LogP contribution in [0.2, 0.25) is 0 Å². The van der Waals surface area contributed by atoms with E-state index in [1.165, 1.54) is 6.92 Å². The lowest BCUT2D eigenvalue weighted by atomic mass is 10.1. The van der Waals surface area contributed by atoms with Gasteiger partial charge < -0.3 is 5.32 Å². The van der Waals surface area contributed by atoms with Gasteiger partial charge in [0.05, 0.1) is 6.42 Å². The lowest BCUT2D eigenvalue weighted by molar-refractivity contribution is -0.115. The normalized spacial score (nSPS) is 10.1. The zero-order chi connectivity index (χ0) is 14.5. The first-order valence-electron chi connectivity index (χ1n) is 6.20. The Labute approximate surface area is 126 Å². The fourth-order valence-corrected chi connectivity index (χ4v) is 2.26. The molecule has 0 aliphatic carbocycles. The zero-order valence-corrected chi connectivity index (χ0v) is 12.6. The highest BCUT2D eigenvalue weighted by molar-refractivity contribution is 9.10. The average molecular weight is 332 g/mol. The number of ketones is 1. The van der Waals surface area contributed by atoms with Crippen LogP contribution in [0.1, 0.15) is 22.8 Å². The molecule has 4 heteroatoms. The van der Waals surface area contributed by atoms with E-state index in [0.717, 1.165) is 10.0 Å². The number of hydrogen-bond donors (Lipinski definition) is 1. The van der Waals surface area contributed by atoms with E-state index in [0.29, 0.717) is 11.3 Å². The summed E-state index contributed by atoms with van der Waals surface area (Å²) in [6, 6.07) is 14.5. The fourth-order valence-electron chi connectivity index (χ4n) is 1.84. The van der Waals surface area contributed by atoms with Crippen LogP contribution in [0.15, 0.2) is 53.0 Å². The van der Waals surface area contributed by atoms with E-state index in [4.69, 9.17) is 0 Å². The van der Waals surface area contributed by atoms with Crippen LogP contribution >= 0.6 is 15.9 Å². The molecule has 0 bridgehead atoms. The number of carbonyl (C=O) groups excluding carboxylic acids is 2. The molecule has 0 heterocycles. The molecular weight excluding hydrogens is 318 g/mol. The first-order valence-corrected chi connectivity index (χ1v) is 7.00. The van der Waals surface area contributed by atoms with Gasteiger partial charge in [0.15, 0.2) is 5.78 Å². The van der Waals surface area contributed by atoms with Crippen molar-refractivity contribution in [3.63, 3.8) is 0 Å². The molecule has 20 heavy (non-hydrogen) atoms. The Balaban J connectivity index is 2.07. The van der Waals surface area contributed by atoms with Crippen LogP contribution in [0.5, 0.6) is 0 Å². The minimum atomic E-state index is -0.113. The number of rotatable bonds is 4. The van der Waals surface area contributed by atoms with Gasteiger partial charge in [0.2, 0.25) is 5.91 Å². The third-order valence-electron chi connectivity index (χ3n) is 2.86. The molecule has 1 amide bonds. The Morgan fingerprint density at radius 2 is 1.85 bits per heavy atom. The maximum Gasteiger partial charge on any atom is 0.228 e. The number of halogens is 1. The Hall–Kier alpha value is -1.94. The molecule has 0 saturated carbocycles. The molecule has 3 nitrogen and oxygen atoms in total. The van der Waals surface area contributed by atoms with Crippen molar-refractivity contribution in [3.8, 4) is 0 Å². The number of hydrogen-bond acceptors (Lipinski definition) is 2. The third-order valence-corrected chi connectivity index (χ3v) is 3.64. The molecule has 0 aliphatic heterocycles. The molecule has 2 aromatic rings. The first kappa shape index (κ1) is 14.5. The largest absolute Gasteiger partial charge is 0.326 e. The summed E-state index contributed by atoms with van der Waals surface area (Å²) in [4.78, 5) is 23.3. The molecule has 0 spiro atoms. The summed E-state index contributed by atoms with van der Waals surface area (Å²) >= 11 is 3.42. The molecule has 0 radical (unpaired) electrons. The van der Waals surface area contributed by atoms with Gasteiger partial charge in [-0.2, -0.15) is 0 Å². The van der Waals surface area contributed by atoms with Crippen molar-refractivity contribution >= 4 is 33.3 Å². The van der Waals surface area contributed by atoms with Gasteiger partial charge in [-0.3, -0.25) is 9.59 Å². The van der Waals surface area contributed by atoms with E-state index >= 15 is 0 Å². The Morgan fingerprint density at radius 1 is 1.10 bits per heavy atom. The van der Waals surface area contributed by atoms with Crippen molar-refractivity contribution in [2.75, 3.05) is 5.32 Å². The third kappa shape index (κ3) is 3.78. The topological polar surface area (TPSA) is 46.2 Å². The highest BCUT2D eigenvalue weighted by Crippen LogP contribution is 2.17. The fraction of sp³-hybridized carbons (Fsp3) is 0.125. The van der Waals surface area contributed by atoms with Crippen molar-refractivity contribution in [3.05, 3.63) is 64.1 Å². The Kier molecular flexibility index (Phi) is 4.69. The molecule has 102 valence electrons. The average Bonchev–Trinajstić information content (AvgIpc) is 2.41. The number of benzene rings is 2. The van der Waals surface area contributed by atoms with Crippen LogP contribution in [0.25, 0.3) is 0 Å². The molecular formula is C16H14BrNO2. The standard InChI is InChI=1S/C16H14BrNO2/c1-11(19)12-6-4-7-14(9-12)18-16(20)10-13-5-2-3-8-15(13)17/h2-9H,10H2,1H3,(H,18,20). The van der Waals surface area contributed by atoms with E-state index in [1.807, 2.05) is 24.3 Å².